The SMILES string of the molecule is O=C(O)CC(=O)CCC(=O)N1CCN(c2cc(Cl)cc(Cl)c2)CC1. The summed E-state index contributed by atoms with van der Waals surface area (Å²) < 4.78 is 0. The summed E-state index contributed by atoms with van der Waals surface area (Å²) >= 11 is 12.0. The van der Waals surface area contributed by atoms with Crippen LogP contribution in [0.4, 0.5) is 5.69 Å². The fourth-order valence-corrected chi connectivity index (χ4v) is 3.11. The monoisotopic (exact) mass is 372 g/mol. The molecule has 0 radical (unpaired) electrons. The van der Waals surface area contributed by atoms with Crippen molar-refractivity contribution in [1.29, 1.82) is 0 Å². The molecule has 1 fully saturated rings. The first-order valence-electron chi connectivity index (χ1n) is 7.57. The third-order valence-electron chi connectivity index (χ3n) is 3.81. The molecule has 0 aliphatic carbocycles. The van der Waals surface area contributed by atoms with Crippen LogP contribution < -0.4 is 4.90 Å². The number of carbonyl (C=O) groups excluding carboxylic acids is 2. The zero-order valence-corrected chi connectivity index (χ0v) is 14.5. The van der Waals surface area contributed by atoms with E-state index < -0.39 is 18.2 Å². The standard InChI is InChI=1S/C16H18Cl2N2O4/c17-11-7-12(18)9-13(8-11)19-3-5-20(6-4-19)15(22)2-1-14(21)10-16(23)24/h7-9H,1-6,10H2,(H,23,24). The molecule has 1 N–H and O–H groups in total. The molecule has 1 saturated heterocycles. The number of ketones is 1. The third-order valence-corrected chi connectivity index (χ3v) is 4.25. The highest BCUT2D eigenvalue weighted by molar-refractivity contribution is 6.35. The molecule has 0 unspecified atom stereocenters. The minimum Gasteiger partial charge on any atom is -0.481 e. The number of hydrogen-bond acceptors (Lipinski definition) is 4. The number of piperazine rings is 1. The number of Topliss-reactive ketones (excluding diaryl/α,β-unsaturated/α-hetero) is 1. The molecule has 24 heavy (non-hydrogen) atoms. The van der Waals surface area contributed by atoms with Crippen molar-refractivity contribution in [2.24, 2.45) is 0 Å². The molecule has 2 rings (SSSR count). The van der Waals surface area contributed by atoms with Crippen molar-refractivity contribution in [3.8, 4) is 0 Å². The number of carbonyl (C=O) groups is 3. The maximum absolute atomic E-state index is 12.1. The molecule has 1 aliphatic rings. The fourth-order valence-electron chi connectivity index (χ4n) is 2.60. The molecular formula is C16H18Cl2N2O4. The van der Waals surface area contributed by atoms with E-state index in [0.29, 0.717) is 36.2 Å². The van der Waals surface area contributed by atoms with Gasteiger partial charge in [0, 0.05) is 54.8 Å². The van der Waals surface area contributed by atoms with Crippen molar-refractivity contribution in [3.05, 3.63) is 28.2 Å². The van der Waals surface area contributed by atoms with Gasteiger partial charge in [-0.1, -0.05) is 23.2 Å². The van der Waals surface area contributed by atoms with Gasteiger partial charge in [0.15, 0.2) is 0 Å². The van der Waals surface area contributed by atoms with Gasteiger partial charge in [0.1, 0.15) is 12.2 Å². The van der Waals surface area contributed by atoms with Crippen molar-refractivity contribution in [1.82, 2.24) is 4.90 Å². The quantitative estimate of drug-likeness (QED) is 0.776. The van der Waals surface area contributed by atoms with Gasteiger partial charge < -0.3 is 14.9 Å². The fraction of sp³-hybridized carbons (Fsp3) is 0.438. The Balaban J connectivity index is 1.82. The van der Waals surface area contributed by atoms with Gasteiger partial charge in [-0.05, 0) is 18.2 Å². The van der Waals surface area contributed by atoms with E-state index in [4.69, 9.17) is 28.3 Å². The summed E-state index contributed by atoms with van der Waals surface area (Å²) in [6.45, 7) is 2.36. The first-order chi connectivity index (χ1) is 11.3. The molecule has 0 bridgehead atoms. The average molecular weight is 373 g/mol. The molecule has 130 valence electrons. The van der Waals surface area contributed by atoms with Crippen LogP contribution in [0.2, 0.25) is 10.0 Å². The van der Waals surface area contributed by atoms with Crippen molar-refractivity contribution < 1.29 is 19.5 Å². The van der Waals surface area contributed by atoms with Gasteiger partial charge in [-0.2, -0.15) is 0 Å². The molecule has 1 aromatic rings. The molecule has 1 amide bonds. The van der Waals surface area contributed by atoms with E-state index in [1.165, 1.54) is 0 Å². The molecular weight excluding hydrogens is 355 g/mol. The normalized spacial score (nSPS) is 14.6. The summed E-state index contributed by atoms with van der Waals surface area (Å²) in [7, 11) is 0. The minimum absolute atomic E-state index is 0.0325. The Bertz CT molecular complexity index is 623. The van der Waals surface area contributed by atoms with Crippen LogP contribution in [0, 0.1) is 0 Å². The lowest BCUT2D eigenvalue weighted by molar-refractivity contribution is -0.141. The summed E-state index contributed by atoms with van der Waals surface area (Å²) in [4.78, 5) is 37.7. The van der Waals surface area contributed by atoms with Gasteiger partial charge in [0.05, 0.1) is 0 Å². The molecule has 1 heterocycles. The number of carboxylic acids is 1. The van der Waals surface area contributed by atoms with Crippen molar-refractivity contribution in [2.75, 3.05) is 31.1 Å². The van der Waals surface area contributed by atoms with Gasteiger partial charge in [-0.25, -0.2) is 0 Å². The maximum Gasteiger partial charge on any atom is 0.310 e. The number of halogens is 2. The number of hydrogen-bond donors (Lipinski definition) is 1. The summed E-state index contributed by atoms with van der Waals surface area (Å²) in [6.07, 6.45) is -0.513. The molecule has 1 aliphatic heterocycles. The molecule has 0 spiro atoms. The number of aliphatic carboxylic acids is 1. The topological polar surface area (TPSA) is 77.9 Å². The van der Waals surface area contributed by atoms with Crippen LogP contribution in [0.25, 0.3) is 0 Å². The number of amides is 1. The third kappa shape index (κ3) is 5.39. The summed E-state index contributed by atoms with van der Waals surface area (Å²) in [5.41, 5.74) is 0.913. The van der Waals surface area contributed by atoms with Gasteiger partial charge in [-0.3, -0.25) is 14.4 Å². The Hall–Kier alpha value is -1.79. The zero-order valence-electron chi connectivity index (χ0n) is 13.0. The van der Waals surface area contributed by atoms with Crippen LogP contribution >= 0.6 is 23.2 Å². The van der Waals surface area contributed by atoms with E-state index in [2.05, 4.69) is 4.90 Å². The van der Waals surface area contributed by atoms with Crippen LogP contribution in [0.5, 0.6) is 0 Å². The van der Waals surface area contributed by atoms with Crippen molar-refractivity contribution in [3.63, 3.8) is 0 Å². The summed E-state index contributed by atoms with van der Waals surface area (Å²) in [5.74, 6) is -1.72. The highest BCUT2D eigenvalue weighted by Gasteiger charge is 2.22. The van der Waals surface area contributed by atoms with E-state index in [-0.39, 0.29) is 18.7 Å². The second-order valence-electron chi connectivity index (χ2n) is 5.60. The van der Waals surface area contributed by atoms with Crippen LogP contribution in [0.15, 0.2) is 18.2 Å². The summed E-state index contributed by atoms with van der Waals surface area (Å²) in [5, 5.41) is 9.66. The van der Waals surface area contributed by atoms with E-state index in [9.17, 15) is 14.4 Å². The van der Waals surface area contributed by atoms with Gasteiger partial charge >= 0.3 is 5.97 Å². The molecule has 0 aromatic heterocycles. The smallest absolute Gasteiger partial charge is 0.310 e. The minimum atomic E-state index is -1.17. The molecule has 0 atom stereocenters. The van der Waals surface area contributed by atoms with E-state index in [1.54, 1.807) is 11.0 Å². The highest BCUT2D eigenvalue weighted by atomic mass is 35.5. The van der Waals surface area contributed by atoms with Gasteiger partial charge in [0.25, 0.3) is 0 Å². The van der Waals surface area contributed by atoms with Crippen molar-refractivity contribution >= 4 is 46.5 Å². The van der Waals surface area contributed by atoms with E-state index in [0.717, 1.165) is 5.69 Å². The van der Waals surface area contributed by atoms with E-state index in [1.807, 2.05) is 12.1 Å². The lowest BCUT2D eigenvalue weighted by Crippen LogP contribution is -2.48. The van der Waals surface area contributed by atoms with Crippen LogP contribution in [0.1, 0.15) is 19.3 Å². The number of nitrogens with zero attached hydrogens (tertiary/aromatic N) is 2. The average Bonchev–Trinajstić information content (AvgIpc) is 2.51. The van der Waals surface area contributed by atoms with E-state index >= 15 is 0 Å². The predicted octanol–water partition coefficient (Wildman–Crippen LogP) is 2.47. The summed E-state index contributed by atoms with van der Waals surface area (Å²) in [6, 6.07) is 5.32. The molecule has 8 heteroatoms. The highest BCUT2D eigenvalue weighted by Crippen LogP contribution is 2.26. The Morgan fingerprint density at radius 2 is 1.54 bits per heavy atom. The molecule has 1 aromatic carbocycles. The lowest BCUT2D eigenvalue weighted by Gasteiger charge is -2.36. The predicted molar refractivity (Wildman–Crippen MR) is 91.7 cm³/mol. The second-order valence-corrected chi connectivity index (χ2v) is 6.48. The Labute approximate surface area is 149 Å². The van der Waals surface area contributed by atoms with Crippen LogP contribution in [-0.4, -0.2) is 53.8 Å². The Kier molecular flexibility index (Phi) is 6.45. The van der Waals surface area contributed by atoms with Crippen LogP contribution in [0.3, 0.4) is 0 Å². The first kappa shape index (κ1) is 18.5. The lowest BCUT2D eigenvalue weighted by atomic mass is 10.1. The maximum atomic E-state index is 12.1. The molecule has 0 saturated carbocycles. The number of carboxylic acid groups (broad SMARTS) is 1. The largest absolute Gasteiger partial charge is 0.481 e. The van der Waals surface area contributed by atoms with Gasteiger partial charge in [-0.15, -0.1) is 0 Å². The first-order valence-corrected chi connectivity index (χ1v) is 8.33. The molecule has 6 nitrogen and oxygen atoms in total. The number of benzene rings is 1. The number of rotatable bonds is 6. The van der Waals surface area contributed by atoms with Crippen LogP contribution in [-0.2, 0) is 14.4 Å². The van der Waals surface area contributed by atoms with Gasteiger partial charge in [0.2, 0.25) is 5.91 Å². The second kappa shape index (κ2) is 8.35. The zero-order chi connectivity index (χ0) is 17.7. The Morgan fingerprint density at radius 3 is 2.08 bits per heavy atom. The Morgan fingerprint density at radius 1 is 0.958 bits per heavy atom. The van der Waals surface area contributed by atoms with Crippen molar-refractivity contribution in [2.45, 2.75) is 19.3 Å². The number of anilines is 1.